The van der Waals surface area contributed by atoms with Crippen molar-refractivity contribution in [1.82, 2.24) is 4.98 Å². The van der Waals surface area contributed by atoms with Crippen molar-refractivity contribution >= 4 is 11.5 Å². The highest BCUT2D eigenvalue weighted by Gasteiger charge is 2.20. The number of anilines is 2. The molecule has 1 saturated heterocycles. The van der Waals surface area contributed by atoms with Crippen molar-refractivity contribution in [2.45, 2.75) is 18.9 Å². The smallest absolute Gasteiger partial charge is 0.123 e. The van der Waals surface area contributed by atoms with Crippen LogP contribution in [0.25, 0.3) is 0 Å². The van der Waals surface area contributed by atoms with Crippen molar-refractivity contribution in [3.63, 3.8) is 0 Å². The van der Waals surface area contributed by atoms with Crippen LogP contribution in [0.3, 0.4) is 0 Å². The highest BCUT2D eigenvalue weighted by atomic mass is 16.5. The number of morpholine rings is 1. The van der Waals surface area contributed by atoms with E-state index in [0.717, 1.165) is 32.5 Å². The number of nitrogens with zero attached hydrogens (tertiary/aromatic N) is 2. The van der Waals surface area contributed by atoms with E-state index in [9.17, 15) is 0 Å². The van der Waals surface area contributed by atoms with Gasteiger partial charge < -0.3 is 15.4 Å². The number of ether oxygens (including phenoxy) is 1. The minimum Gasteiger partial charge on any atom is -0.384 e. The van der Waals surface area contributed by atoms with E-state index in [4.69, 9.17) is 10.5 Å². The van der Waals surface area contributed by atoms with E-state index in [-0.39, 0.29) is 6.10 Å². The van der Waals surface area contributed by atoms with Gasteiger partial charge in [0.15, 0.2) is 0 Å². The molecule has 4 nitrogen and oxygen atoms in total. The first-order chi connectivity index (χ1) is 10.3. The summed E-state index contributed by atoms with van der Waals surface area (Å²) >= 11 is 0. The SMILES string of the molecule is Nc1cc(CC[C@@H]2CN(c3ccccc3)CCO2)ccn1. The minimum atomic E-state index is 0.272. The van der Waals surface area contributed by atoms with E-state index in [1.165, 1.54) is 11.3 Å². The van der Waals surface area contributed by atoms with Crippen LogP contribution < -0.4 is 10.6 Å². The molecule has 2 aromatic rings. The van der Waals surface area contributed by atoms with Gasteiger partial charge in [-0.15, -0.1) is 0 Å². The van der Waals surface area contributed by atoms with Crippen molar-refractivity contribution < 1.29 is 4.74 Å². The average Bonchev–Trinajstić information content (AvgIpc) is 2.54. The van der Waals surface area contributed by atoms with Crippen molar-refractivity contribution in [3.8, 4) is 0 Å². The molecule has 3 rings (SSSR count). The van der Waals surface area contributed by atoms with Gasteiger partial charge in [-0.05, 0) is 42.7 Å². The van der Waals surface area contributed by atoms with Gasteiger partial charge in [-0.2, -0.15) is 0 Å². The van der Waals surface area contributed by atoms with Gasteiger partial charge in [-0.3, -0.25) is 0 Å². The zero-order chi connectivity index (χ0) is 14.5. The van der Waals surface area contributed by atoms with Gasteiger partial charge in [-0.1, -0.05) is 18.2 Å². The minimum absolute atomic E-state index is 0.272. The van der Waals surface area contributed by atoms with Crippen LogP contribution in [0.4, 0.5) is 11.5 Å². The standard InChI is InChI=1S/C17H21N3O/c18-17-12-14(8-9-19-17)6-7-16-13-20(10-11-21-16)15-4-2-1-3-5-15/h1-5,8-9,12,16H,6-7,10-11,13H2,(H2,18,19)/t16-/m1/s1. The molecule has 0 saturated carbocycles. The largest absolute Gasteiger partial charge is 0.384 e. The number of rotatable bonds is 4. The highest BCUT2D eigenvalue weighted by Crippen LogP contribution is 2.19. The molecule has 4 heteroatoms. The lowest BCUT2D eigenvalue weighted by Crippen LogP contribution is -2.42. The number of nitrogen functional groups attached to an aromatic ring is 1. The number of hydrogen-bond acceptors (Lipinski definition) is 4. The van der Waals surface area contributed by atoms with Crippen LogP contribution in [0.15, 0.2) is 48.7 Å². The fourth-order valence-corrected chi connectivity index (χ4v) is 2.74. The third kappa shape index (κ3) is 3.73. The van der Waals surface area contributed by atoms with Crippen molar-refractivity contribution in [1.29, 1.82) is 0 Å². The summed E-state index contributed by atoms with van der Waals surface area (Å²) in [6.45, 7) is 2.70. The first-order valence-electron chi connectivity index (χ1n) is 7.43. The Bertz CT molecular complexity index is 573. The summed E-state index contributed by atoms with van der Waals surface area (Å²) in [4.78, 5) is 6.42. The van der Waals surface area contributed by atoms with E-state index in [2.05, 4.69) is 40.2 Å². The topological polar surface area (TPSA) is 51.4 Å². The monoisotopic (exact) mass is 283 g/mol. The Balaban J connectivity index is 1.57. The number of hydrogen-bond donors (Lipinski definition) is 1. The summed E-state index contributed by atoms with van der Waals surface area (Å²) in [7, 11) is 0. The lowest BCUT2D eigenvalue weighted by Gasteiger charge is -2.34. The van der Waals surface area contributed by atoms with E-state index in [1.54, 1.807) is 6.20 Å². The van der Waals surface area contributed by atoms with Crippen molar-refractivity contribution in [3.05, 3.63) is 54.2 Å². The Labute approximate surface area is 125 Å². The fraction of sp³-hybridized carbons (Fsp3) is 0.353. The Kier molecular flexibility index (Phi) is 4.36. The van der Waals surface area contributed by atoms with Crippen molar-refractivity contribution in [2.75, 3.05) is 30.3 Å². The van der Waals surface area contributed by atoms with Gasteiger partial charge in [0.25, 0.3) is 0 Å². The van der Waals surface area contributed by atoms with E-state index in [0.29, 0.717) is 5.82 Å². The molecule has 110 valence electrons. The number of nitrogens with two attached hydrogens (primary N) is 1. The number of aromatic nitrogens is 1. The first-order valence-corrected chi connectivity index (χ1v) is 7.43. The lowest BCUT2D eigenvalue weighted by atomic mass is 10.1. The number of pyridine rings is 1. The van der Waals surface area contributed by atoms with Gasteiger partial charge in [-0.25, -0.2) is 4.98 Å². The summed E-state index contributed by atoms with van der Waals surface area (Å²) in [5, 5.41) is 0. The fourth-order valence-electron chi connectivity index (χ4n) is 2.74. The maximum Gasteiger partial charge on any atom is 0.123 e. The lowest BCUT2D eigenvalue weighted by molar-refractivity contribution is 0.0355. The molecule has 0 spiro atoms. The summed E-state index contributed by atoms with van der Waals surface area (Å²) in [5.41, 5.74) is 8.22. The van der Waals surface area contributed by atoms with E-state index < -0.39 is 0 Å². The van der Waals surface area contributed by atoms with E-state index in [1.807, 2.05) is 12.1 Å². The van der Waals surface area contributed by atoms with Gasteiger partial charge in [0.1, 0.15) is 5.82 Å². The van der Waals surface area contributed by atoms with Crippen LogP contribution in [0, 0.1) is 0 Å². The molecule has 0 amide bonds. The predicted octanol–water partition coefficient (Wildman–Crippen LogP) is 2.50. The van der Waals surface area contributed by atoms with Crippen LogP contribution >= 0.6 is 0 Å². The summed E-state index contributed by atoms with van der Waals surface area (Å²) in [6.07, 6.45) is 4.02. The third-order valence-electron chi connectivity index (χ3n) is 3.86. The Morgan fingerprint density at radius 1 is 1.24 bits per heavy atom. The summed E-state index contributed by atoms with van der Waals surface area (Å²) < 4.78 is 5.89. The molecule has 1 fully saturated rings. The van der Waals surface area contributed by atoms with Crippen LogP contribution in [-0.2, 0) is 11.2 Å². The molecule has 0 unspecified atom stereocenters. The molecule has 0 radical (unpaired) electrons. The molecule has 0 bridgehead atoms. The van der Waals surface area contributed by atoms with E-state index >= 15 is 0 Å². The molecule has 1 aromatic heterocycles. The van der Waals surface area contributed by atoms with Crippen LogP contribution in [-0.4, -0.2) is 30.8 Å². The number of aryl methyl sites for hydroxylation is 1. The average molecular weight is 283 g/mol. The first kappa shape index (κ1) is 13.9. The predicted molar refractivity (Wildman–Crippen MR) is 85.4 cm³/mol. The quantitative estimate of drug-likeness (QED) is 0.936. The zero-order valence-corrected chi connectivity index (χ0v) is 12.1. The summed E-state index contributed by atoms with van der Waals surface area (Å²) in [5.74, 6) is 0.586. The highest BCUT2D eigenvalue weighted by molar-refractivity contribution is 5.46. The van der Waals surface area contributed by atoms with Gasteiger partial charge in [0.05, 0.1) is 12.7 Å². The molecular weight excluding hydrogens is 262 g/mol. The van der Waals surface area contributed by atoms with Gasteiger partial charge in [0, 0.05) is 25.0 Å². The Morgan fingerprint density at radius 2 is 2.10 bits per heavy atom. The zero-order valence-electron chi connectivity index (χ0n) is 12.1. The van der Waals surface area contributed by atoms with Crippen LogP contribution in [0.1, 0.15) is 12.0 Å². The maximum atomic E-state index is 5.89. The Morgan fingerprint density at radius 3 is 2.90 bits per heavy atom. The molecule has 2 heterocycles. The van der Waals surface area contributed by atoms with Crippen molar-refractivity contribution in [2.24, 2.45) is 0 Å². The summed E-state index contributed by atoms with van der Waals surface area (Å²) in [6, 6.07) is 14.5. The molecule has 1 aliphatic heterocycles. The second-order valence-corrected chi connectivity index (χ2v) is 5.40. The Hall–Kier alpha value is -2.07. The normalized spacial score (nSPS) is 18.7. The molecule has 1 atom stereocenters. The maximum absolute atomic E-state index is 5.89. The van der Waals surface area contributed by atoms with Crippen LogP contribution in [0.2, 0.25) is 0 Å². The molecular formula is C17H21N3O. The molecule has 1 aliphatic rings. The third-order valence-corrected chi connectivity index (χ3v) is 3.86. The number of benzene rings is 1. The molecule has 0 aliphatic carbocycles. The second kappa shape index (κ2) is 6.59. The molecule has 1 aromatic carbocycles. The molecule has 2 N–H and O–H groups in total. The van der Waals surface area contributed by atoms with Crippen LogP contribution in [0.5, 0.6) is 0 Å². The van der Waals surface area contributed by atoms with Gasteiger partial charge >= 0.3 is 0 Å². The second-order valence-electron chi connectivity index (χ2n) is 5.40. The molecule has 21 heavy (non-hydrogen) atoms. The number of para-hydroxylation sites is 1. The van der Waals surface area contributed by atoms with Gasteiger partial charge in [0.2, 0.25) is 0 Å².